The van der Waals surface area contributed by atoms with Crippen LogP contribution in [-0.2, 0) is 9.53 Å². The third-order valence-corrected chi connectivity index (χ3v) is 3.33. The van der Waals surface area contributed by atoms with Gasteiger partial charge in [-0.15, -0.1) is 12.4 Å². The Kier molecular flexibility index (Phi) is 6.28. The van der Waals surface area contributed by atoms with Crippen LogP contribution in [0.2, 0.25) is 0 Å². The van der Waals surface area contributed by atoms with E-state index in [0.717, 1.165) is 24.9 Å². The van der Waals surface area contributed by atoms with E-state index in [1.54, 1.807) is 7.11 Å². The minimum Gasteiger partial charge on any atom is -0.367 e. The minimum atomic E-state index is -0.517. The van der Waals surface area contributed by atoms with Crippen LogP contribution >= 0.6 is 12.4 Å². The van der Waals surface area contributed by atoms with Crippen LogP contribution in [0.25, 0.3) is 0 Å². The molecule has 4 nitrogen and oxygen atoms in total. The van der Waals surface area contributed by atoms with Crippen molar-refractivity contribution in [3.8, 4) is 0 Å². The van der Waals surface area contributed by atoms with Gasteiger partial charge in [-0.1, -0.05) is 30.3 Å². The van der Waals surface area contributed by atoms with Gasteiger partial charge in [0, 0.05) is 26.2 Å². The van der Waals surface area contributed by atoms with E-state index in [1.807, 2.05) is 35.2 Å². The lowest BCUT2D eigenvalue weighted by molar-refractivity contribution is -0.143. The van der Waals surface area contributed by atoms with Gasteiger partial charge in [-0.05, 0) is 18.4 Å². The molecule has 1 aliphatic rings. The van der Waals surface area contributed by atoms with Crippen molar-refractivity contribution in [2.45, 2.75) is 25.0 Å². The largest absolute Gasteiger partial charge is 0.367 e. The average Bonchev–Trinajstić information content (AvgIpc) is 2.41. The van der Waals surface area contributed by atoms with Gasteiger partial charge in [-0.25, -0.2) is 0 Å². The fourth-order valence-corrected chi connectivity index (χ4v) is 2.38. The second-order valence-electron chi connectivity index (χ2n) is 4.71. The molecule has 5 heteroatoms. The molecule has 0 radical (unpaired) electrons. The molecule has 0 saturated carbocycles. The smallest absolute Gasteiger partial charge is 0.256 e. The van der Waals surface area contributed by atoms with Gasteiger partial charge in [0.1, 0.15) is 0 Å². The van der Waals surface area contributed by atoms with Gasteiger partial charge in [-0.2, -0.15) is 0 Å². The lowest BCUT2D eigenvalue weighted by atomic mass is 10.0. The number of rotatable bonds is 3. The molecule has 19 heavy (non-hydrogen) atoms. The van der Waals surface area contributed by atoms with Crippen molar-refractivity contribution in [3.63, 3.8) is 0 Å². The summed E-state index contributed by atoms with van der Waals surface area (Å²) < 4.78 is 5.35. The number of nitrogens with two attached hydrogens (primary N) is 1. The summed E-state index contributed by atoms with van der Waals surface area (Å²) in [6.45, 7) is 1.41. The van der Waals surface area contributed by atoms with Crippen LogP contribution < -0.4 is 5.73 Å². The SMILES string of the molecule is COC(C(=O)N1CCC[C@@H](N)C1)c1ccccc1.Cl. The highest BCUT2D eigenvalue weighted by molar-refractivity contribution is 5.85. The highest BCUT2D eigenvalue weighted by Crippen LogP contribution is 2.21. The number of piperidine rings is 1. The Morgan fingerprint density at radius 1 is 1.42 bits per heavy atom. The Morgan fingerprint density at radius 3 is 2.68 bits per heavy atom. The maximum atomic E-state index is 12.4. The van der Waals surface area contributed by atoms with E-state index in [1.165, 1.54) is 0 Å². The molecule has 106 valence electrons. The number of carbonyl (C=O) groups excluding carboxylic acids is 1. The maximum absolute atomic E-state index is 12.4. The summed E-state index contributed by atoms with van der Waals surface area (Å²) in [5, 5.41) is 0. The molecule has 2 rings (SSSR count). The number of halogens is 1. The van der Waals surface area contributed by atoms with E-state index in [2.05, 4.69) is 0 Å². The van der Waals surface area contributed by atoms with E-state index >= 15 is 0 Å². The number of hydrogen-bond acceptors (Lipinski definition) is 3. The first kappa shape index (κ1) is 16.0. The Bertz CT molecular complexity index is 400. The number of amides is 1. The van der Waals surface area contributed by atoms with Crippen molar-refractivity contribution < 1.29 is 9.53 Å². The number of likely N-dealkylation sites (tertiary alicyclic amines) is 1. The zero-order chi connectivity index (χ0) is 13.0. The van der Waals surface area contributed by atoms with Crippen molar-refractivity contribution >= 4 is 18.3 Å². The van der Waals surface area contributed by atoms with E-state index in [4.69, 9.17) is 10.5 Å². The Labute approximate surface area is 120 Å². The number of hydrogen-bond donors (Lipinski definition) is 1. The number of benzene rings is 1. The molecular formula is C14H21ClN2O2. The monoisotopic (exact) mass is 284 g/mol. The first-order valence-corrected chi connectivity index (χ1v) is 6.34. The quantitative estimate of drug-likeness (QED) is 0.920. The molecule has 0 aliphatic carbocycles. The van der Waals surface area contributed by atoms with Gasteiger partial charge in [0.2, 0.25) is 0 Å². The lowest BCUT2D eigenvalue weighted by Gasteiger charge is -2.33. The fourth-order valence-electron chi connectivity index (χ4n) is 2.38. The first-order chi connectivity index (χ1) is 8.72. The molecule has 1 amide bonds. The Hall–Kier alpha value is -1.10. The van der Waals surface area contributed by atoms with Gasteiger partial charge in [0.05, 0.1) is 0 Å². The molecule has 1 unspecified atom stereocenters. The normalized spacial score (nSPS) is 20.5. The molecule has 1 saturated heterocycles. The van der Waals surface area contributed by atoms with E-state index in [-0.39, 0.29) is 24.4 Å². The number of methoxy groups -OCH3 is 1. The molecule has 1 fully saturated rings. The molecule has 2 N–H and O–H groups in total. The zero-order valence-electron chi connectivity index (χ0n) is 11.1. The Morgan fingerprint density at radius 2 is 2.11 bits per heavy atom. The summed E-state index contributed by atoms with van der Waals surface area (Å²) in [7, 11) is 1.57. The molecule has 0 bridgehead atoms. The van der Waals surface area contributed by atoms with E-state index in [0.29, 0.717) is 6.54 Å². The molecule has 0 aromatic heterocycles. The van der Waals surface area contributed by atoms with Crippen LogP contribution in [0, 0.1) is 0 Å². The molecule has 0 spiro atoms. The topological polar surface area (TPSA) is 55.6 Å². The van der Waals surface area contributed by atoms with Crippen LogP contribution in [0.3, 0.4) is 0 Å². The van der Waals surface area contributed by atoms with Crippen LogP contribution in [0.15, 0.2) is 30.3 Å². The lowest BCUT2D eigenvalue weighted by Crippen LogP contribution is -2.47. The number of nitrogens with zero attached hydrogens (tertiary/aromatic N) is 1. The molecule has 1 aliphatic heterocycles. The minimum absolute atomic E-state index is 0. The Balaban J connectivity index is 0.00000180. The van der Waals surface area contributed by atoms with E-state index < -0.39 is 6.10 Å². The van der Waals surface area contributed by atoms with Gasteiger partial charge >= 0.3 is 0 Å². The van der Waals surface area contributed by atoms with Gasteiger partial charge in [-0.3, -0.25) is 4.79 Å². The average molecular weight is 285 g/mol. The second-order valence-corrected chi connectivity index (χ2v) is 4.71. The summed E-state index contributed by atoms with van der Waals surface area (Å²) in [5.41, 5.74) is 6.80. The van der Waals surface area contributed by atoms with E-state index in [9.17, 15) is 4.79 Å². The molecule has 1 aromatic rings. The summed E-state index contributed by atoms with van der Waals surface area (Å²) in [6.07, 6.45) is 1.45. The van der Waals surface area contributed by atoms with Crippen LogP contribution in [0.5, 0.6) is 0 Å². The number of ether oxygens (including phenoxy) is 1. The number of carbonyl (C=O) groups is 1. The molecule has 1 aromatic carbocycles. The first-order valence-electron chi connectivity index (χ1n) is 6.34. The van der Waals surface area contributed by atoms with Crippen LogP contribution in [-0.4, -0.2) is 37.0 Å². The van der Waals surface area contributed by atoms with Crippen molar-refractivity contribution in [3.05, 3.63) is 35.9 Å². The van der Waals surface area contributed by atoms with Gasteiger partial charge in [0.25, 0.3) is 5.91 Å². The third kappa shape index (κ3) is 3.93. The predicted molar refractivity (Wildman–Crippen MR) is 77.2 cm³/mol. The third-order valence-electron chi connectivity index (χ3n) is 3.33. The second kappa shape index (κ2) is 7.48. The highest BCUT2D eigenvalue weighted by atomic mass is 35.5. The maximum Gasteiger partial charge on any atom is 0.256 e. The fraction of sp³-hybridized carbons (Fsp3) is 0.500. The summed E-state index contributed by atoms with van der Waals surface area (Å²) in [4.78, 5) is 14.2. The van der Waals surface area contributed by atoms with Crippen LogP contribution in [0.4, 0.5) is 0 Å². The van der Waals surface area contributed by atoms with Gasteiger partial charge < -0.3 is 15.4 Å². The van der Waals surface area contributed by atoms with Gasteiger partial charge in [0.15, 0.2) is 6.10 Å². The summed E-state index contributed by atoms with van der Waals surface area (Å²) in [6, 6.07) is 9.67. The van der Waals surface area contributed by atoms with Crippen molar-refractivity contribution in [1.29, 1.82) is 0 Å². The summed E-state index contributed by atoms with van der Waals surface area (Å²) in [5.74, 6) is 0.0128. The van der Waals surface area contributed by atoms with Crippen LogP contribution in [0.1, 0.15) is 24.5 Å². The van der Waals surface area contributed by atoms with Crippen molar-refractivity contribution in [2.24, 2.45) is 5.73 Å². The standard InChI is InChI=1S/C14H20N2O2.ClH/c1-18-13(11-6-3-2-4-7-11)14(17)16-9-5-8-12(15)10-16;/h2-4,6-7,12-13H,5,8-10,15H2,1H3;1H/t12-,13?;/m1./s1. The molecular weight excluding hydrogens is 264 g/mol. The van der Waals surface area contributed by atoms with Crippen molar-refractivity contribution in [2.75, 3.05) is 20.2 Å². The predicted octanol–water partition coefficient (Wildman–Crippen LogP) is 1.75. The summed E-state index contributed by atoms with van der Waals surface area (Å²) >= 11 is 0. The highest BCUT2D eigenvalue weighted by Gasteiger charge is 2.28. The zero-order valence-corrected chi connectivity index (χ0v) is 11.9. The molecule has 2 atom stereocenters. The molecule has 1 heterocycles. The van der Waals surface area contributed by atoms with Crippen molar-refractivity contribution in [1.82, 2.24) is 4.90 Å².